The molecule has 0 amide bonds. The molecule has 2 N–H and O–H groups in total. The third-order valence-electron chi connectivity index (χ3n) is 3.32. The van der Waals surface area contributed by atoms with Gasteiger partial charge in [0.15, 0.2) is 11.6 Å². The Labute approximate surface area is 117 Å². The topological polar surface area (TPSA) is 32.3 Å². The van der Waals surface area contributed by atoms with Crippen LogP contribution < -0.4 is 5.32 Å². The van der Waals surface area contributed by atoms with Gasteiger partial charge in [0.2, 0.25) is 0 Å². The van der Waals surface area contributed by atoms with E-state index in [1.165, 1.54) is 18.2 Å². The minimum absolute atomic E-state index is 0.0537. The molecule has 0 bridgehead atoms. The molecule has 2 rings (SSSR count). The first-order chi connectivity index (χ1) is 9.47. The number of benzene rings is 2. The van der Waals surface area contributed by atoms with Crippen molar-refractivity contribution in [2.75, 3.05) is 0 Å². The van der Waals surface area contributed by atoms with Crippen molar-refractivity contribution in [3.8, 4) is 5.75 Å². The zero-order valence-corrected chi connectivity index (χ0v) is 11.5. The Hall–Kier alpha value is -1.94. The van der Waals surface area contributed by atoms with Gasteiger partial charge in [0, 0.05) is 12.6 Å². The van der Waals surface area contributed by atoms with E-state index in [9.17, 15) is 8.78 Å². The van der Waals surface area contributed by atoms with E-state index in [0.717, 1.165) is 11.1 Å². The molecule has 0 aliphatic carbocycles. The van der Waals surface area contributed by atoms with Gasteiger partial charge in [0.05, 0.1) is 0 Å². The molecule has 0 heterocycles. The summed E-state index contributed by atoms with van der Waals surface area (Å²) in [5, 5.41) is 12.3. The Bertz CT molecular complexity index is 613. The van der Waals surface area contributed by atoms with Crippen LogP contribution >= 0.6 is 0 Å². The molecule has 0 spiro atoms. The van der Waals surface area contributed by atoms with Crippen molar-refractivity contribution in [3.05, 3.63) is 64.7 Å². The highest BCUT2D eigenvalue weighted by atomic mass is 19.1. The molecule has 2 aromatic rings. The fourth-order valence-corrected chi connectivity index (χ4v) is 1.93. The predicted molar refractivity (Wildman–Crippen MR) is 74.5 cm³/mol. The van der Waals surface area contributed by atoms with Gasteiger partial charge in [0.25, 0.3) is 0 Å². The van der Waals surface area contributed by atoms with Crippen molar-refractivity contribution in [2.45, 2.75) is 26.4 Å². The standard InChI is InChI=1S/C16H17F2NO/c1-10-3-5-13(8-14(10)17)11(2)19-9-12-4-6-16(20)15(18)7-12/h3-8,11,19-20H,9H2,1-2H3. The van der Waals surface area contributed by atoms with Crippen LogP contribution in [0.3, 0.4) is 0 Å². The summed E-state index contributed by atoms with van der Waals surface area (Å²) in [5.74, 6) is -1.23. The molecule has 20 heavy (non-hydrogen) atoms. The number of nitrogens with one attached hydrogen (secondary N) is 1. The molecular formula is C16H17F2NO. The Morgan fingerprint density at radius 2 is 1.85 bits per heavy atom. The van der Waals surface area contributed by atoms with Crippen LogP contribution in [-0.4, -0.2) is 5.11 Å². The molecule has 4 heteroatoms. The van der Waals surface area contributed by atoms with Crippen LogP contribution in [0.25, 0.3) is 0 Å². The minimum Gasteiger partial charge on any atom is -0.505 e. The Morgan fingerprint density at radius 3 is 2.50 bits per heavy atom. The molecule has 1 atom stereocenters. The molecular weight excluding hydrogens is 260 g/mol. The monoisotopic (exact) mass is 277 g/mol. The lowest BCUT2D eigenvalue weighted by Gasteiger charge is -2.15. The third kappa shape index (κ3) is 3.33. The minimum atomic E-state index is -0.640. The summed E-state index contributed by atoms with van der Waals surface area (Å²) in [5.41, 5.74) is 2.17. The molecule has 0 radical (unpaired) electrons. The Morgan fingerprint density at radius 1 is 1.10 bits per heavy atom. The highest BCUT2D eigenvalue weighted by Gasteiger charge is 2.08. The molecule has 0 fully saturated rings. The largest absolute Gasteiger partial charge is 0.505 e. The maximum Gasteiger partial charge on any atom is 0.165 e. The third-order valence-corrected chi connectivity index (χ3v) is 3.32. The van der Waals surface area contributed by atoms with Crippen molar-refractivity contribution in [1.29, 1.82) is 0 Å². The van der Waals surface area contributed by atoms with Crippen LogP contribution in [0, 0.1) is 18.6 Å². The van der Waals surface area contributed by atoms with Gasteiger partial charge < -0.3 is 10.4 Å². The van der Waals surface area contributed by atoms with Crippen molar-refractivity contribution < 1.29 is 13.9 Å². The van der Waals surface area contributed by atoms with Crippen molar-refractivity contribution >= 4 is 0 Å². The van der Waals surface area contributed by atoms with E-state index in [1.54, 1.807) is 19.1 Å². The van der Waals surface area contributed by atoms with Crippen LogP contribution in [0.5, 0.6) is 5.75 Å². The van der Waals surface area contributed by atoms with Crippen LogP contribution in [0.15, 0.2) is 36.4 Å². The van der Waals surface area contributed by atoms with Gasteiger partial charge in [-0.1, -0.05) is 18.2 Å². The van der Waals surface area contributed by atoms with Crippen LogP contribution in [0.4, 0.5) is 8.78 Å². The molecule has 2 nitrogen and oxygen atoms in total. The molecule has 2 aromatic carbocycles. The Kier molecular flexibility index (Phi) is 4.35. The van der Waals surface area contributed by atoms with Crippen molar-refractivity contribution in [1.82, 2.24) is 5.32 Å². The second-order valence-electron chi connectivity index (χ2n) is 4.90. The van der Waals surface area contributed by atoms with E-state index in [4.69, 9.17) is 5.11 Å². The maximum atomic E-state index is 13.5. The molecule has 0 aliphatic rings. The van der Waals surface area contributed by atoms with Gasteiger partial charge in [-0.2, -0.15) is 0 Å². The number of hydrogen-bond acceptors (Lipinski definition) is 2. The number of rotatable bonds is 4. The normalized spacial score (nSPS) is 12.4. The molecule has 106 valence electrons. The first-order valence-corrected chi connectivity index (χ1v) is 6.44. The van der Waals surface area contributed by atoms with Gasteiger partial charge in [-0.3, -0.25) is 0 Å². The summed E-state index contributed by atoms with van der Waals surface area (Å²) in [6, 6.07) is 9.31. The average Bonchev–Trinajstić information content (AvgIpc) is 2.43. The van der Waals surface area contributed by atoms with Crippen molar-refractivity contribution in [3.63, 3.8) is 0 Å². The molecule has 0 aliphatic heterocycles. The molecule has 0 aromatic heterocycles. The van der Waals surface area contributed by atoms with Gasteiger partial charge in [-0.25, -0.2) is 8.78 Å². The van der Waals surface area contributed by atoms with Gasteiger partial charge in [-0.15, -0.1) is 0 Å². The molecule has 0 saturated heterocycles. The zero-order chi connectivity index (χ0) is 14.7. The van der Waals surface area contributed by atoms with E-state index in [2.05, 4.69) is 5.32 Å². The summed E-state index contributed by atoms with van der Waals surface area (Å²) < 4.78 is 26.7. The maximum absolute atomic E-state index is 13.5. The average molecular weight is 277 g/mol. The van der Waals surface area contributed by atoms with Crippen LogP contribution in [0.1, 0.15) is 29.7 Å². The highest BCUT2D eigenvalue weighted by Crippen LogP contribution is 2.19. The fourth-order valence-electron chi connectivity index (χ4n) is 1.93. The summed E-state index contributed by atoms with van der Waals surface area (Å²) in [6.07, 6.45) is 0. The summed E-state index contributed by atoms with van der Waals surface area (Å²) in [6.45, 7) is 4.07. The summed E-state index contributed by atoms with van der Waals surface area (Å²) >= 11 is 0. The van der Waals surface area contributed by atoms with E-state index in [1.807, 2.05) is 13.0 Å². The van der Waals surface area contributed by atoms with Gasteiger partial charge in [-0.05, 0) is 48.7 Å². The summed E-state index contributed by atoms with van der Waals surface area (Å²) in [7, 11) is 0. The fraction of sp³-hybridized carbons (Fsp3) is 0.250. The van der Waals surface area contributed by atoms with E-state index >= 15 is 0 Å². The first kappa shape index (κ1) is 14.5. The number of aryl methyl sites for hydroxylation is 1. The number of phenolic OH excluding ortho intramolecular Hbond substituents is 1. The Balaban J connectivity index is 2.02. The van der Waals surface area contributed by atoms with Crippen molar-refractivity contribution in [2.24, 2.45) is 0 Å². The van der Waals surface area contributed by atoms with Crippen LogP contribution in [-0.2, 0) is 6.54 Å². The van der Waals surface area contributed by atoms with Crippen LogP contribution in [0.2, 0.25) is 0 Å². The number of hydrogen-bond donors (Lipinski definition) is 2. The van der Waals surface area contributed by atoms with Gasteiger partial charge >= 0.3 is 0 Å². The van der Waals surface area contributed by atoms with Gasteiger partial charge in [0.1, 0.15) is 5.82 Å². The second kappa shape index (κ2) is 6.01. The number of phenols is 1. The lowest BCUT2D eigenvalue weighted by molar-refractivity contribution is 0.431. The highest BCUT2D eigenvalue weighted by molar-refractivity contribution is 5.29. The van der Waals surface area contributed by atoms with E-state index in [0.29, 0.717) is 12.1 Å². The van der Waals surface area contributed by atoms with E-state index in [-0.39, 0.29) is 17.6 Å². The predicted octanol–water partition coefficient (Wildman–Crippen LogP) is 3.83. The number of aromatic hydroxyl groups is 1. The summed E-state index contributed by atoms with van der Waals surface area (Å²) in [4.78, 5) is 0. The SMILES string of the molecule is Cc1ccc(C(C)NCc2ccc(O)c(F)c2)cc1F. The zero-order valence-electron chi connectivity index (χ0n) is 11.5. The smallest absolute Gasteiger partial charge is 0.165 e. The number of halogens is 2. The molecule has 1 unspecified atom stereocenters. The lowest BCUT2D eigenvalue weighted by Crippen LogP contribution is -2.18. The quantitative estimate of drug-likeness (QED) is 0.890. The molecule has 0 saturated carbocycles. The van der Waals surface area contributed by atoms with E-state index < -0.39 is 5.82 Å². The second-order valence-corrected chi connectivity index (χ2v) is 4.90. The first-order valence-electron chi connectivity index (χ1n) is 6.44. The lowest BCUT2D eigenvalue weighted by atomic mass is 10.1.